The SMILES string of the molecule is C1=C[C@H]2C[C@H]1[C@@H]1CCC[C@@H]12. The van der Waals surface area contributed by atoms with Crippen LogP contribution in [0.1, 0.15) is 25.7 Å². The van der Waals surface area contributed by atoms with Crippen molar-refractivity contribution in [3.63, 3.8) is 0 Å². The molecule has 54 valence electrons. The summed E-state index contributed by atoms with van der Waals surface area (Å²) >= 11 is 0. The zero-order valence-corrected chi connectivity index (χ0v) is 6.29. The molecule has 0 aromatic rings. The van der Waals surface area contributed by atoms with Gasteiger partial charge in [0.05, 0.1) is 0 Å². The van der Waals surface area contributed by atoms with Crippen LogP contribution in [0.5, 0.6) is 0 Å². The van der Waals surface area contributed by atoms with Crippen molar-refractivity contribution < 1.29 is 0 Å². The molecule has 0 N–H and O–H groups in total. The molecule has 0 unspecified atom stereocenters. The zero-order chi connectivity index (χ0) is 6.55. The Hall–Kier alpha value is -0.260. The Bertz CT molecular complexity index is 162. The lowest BCUT2D eigenvalue weighted by Gasteiger charge is -2.19. The summed E-state index contributed by atoms with van der Waals surface area (Å²) in [6.45, 7) is 0. The molecule has 0 heteroatoms. The van der Waals surface area contributed by atoms with Gasteiger partial charge in [-0.05, 0) is 42.9 Å². The highest BCUT2D eigenvalue weighted by Gasteiger charge is 2.46. The summed E-state index contributed by atoms with van der Waals surface area (Å²) in [6.07, 6.45) is 11.1. The molecule has 0 aromatic heterocycles. The van der Waals surface area contributed by atoms with Gasteiger partial charge in [-0.25, -0.2) is 0 Å². The fourth-order valence-corrected chi connectivity index (χ4v) is 3.47. The third-order valence-corrected chi connectivity index (χ3v) is 3.87. The van der Waals surface area contributed by atoms with Gasteiger partial charge in [0.15, 0.2) is 0 Å². The molecule has 3 rings (SSSR count). The largest absolute Gasteiger partial charge is 0.0848 e. The fraction of sp³-hybridized carbons (Fsp3) is 0.800. The van der Waals surface area contributed by atoms with Gasteiger partial charge in [-0.1, -0.05) is 18.6 Å². The second-order valence-corrected chi connectivity index (χ2v) is 4.21. The second-order valence-electron chi connectivity index (χ2n) is 4.21. The van der Waals surface area contributed by atoms with E-state index in [2.05, 4.69) is 12.2 Å². The van der Waals surface area contributed by atoms with Crippen molar-refractivity contribution in [3.8, 4) is 0 Å². The molecule has 2 bridgehead atoms. The van der Waals surface area contributed by atoms with E-state index in [1.54, 1.807) is 0 Å². The number of fused-ring (bicyclic) bond motifs is 5. The molecule has 3 aliphatic carbocycles. The monoisotopic (exact) mass is 134 g/mol. The lowest BCUT2D eigenvalue weighted by Crippen LogP contribution is -2.12. The van der Waals surface area contributed by atoms with Crippen LogP contribution in [0.4, 0.5) is 0 Å². The topological polar surface area (TPSA) is 0 Å². The minimum Gasteiger partial charge on any atom is -0.0848 e. The van der Waals surface area contributed by atoms with Gasteiger partial charge in [-0.15, -0.1) is 0 Å². The molecular formula is C10H14. The molecule has 2 fully saturated rings. The molecule has 0 nitrogen and oxygen atoms in total. The highest BCUT2D eigenvalue weighted by molar-refractivity contribution is 5.14. The van der Waals surface area contributed by atoms with E-state index in [9.17, 15) is 0 Å². The van der Waals surface area contributed by atoms with E-state index < -0.39 is 0 Å². The summed E-state index contributed by atoms with van der Waals surface area (Å²) in [6, 6.07) is 0. The van der Waals surface area contributed by atoms with Crippen molar-refractivity contribution >= 4 is 0 Å². The van der Waals surface area contributed by atoms with Crippen molar-refractivity contribution in [3.05, 3.63) is 12.2 Å². The average Bonchev–Trinajstić information content (AvgIpc) is 2.60. The number of allylic oxidation sites excluding steroid dienone is 2. The predicted octanol–water partition coefficient (Wildman–Crippen LogP) is 2.61. The van der Waals surface area contributed by atoms with Gasteiger partial charge in [0, 0.05) is 0 Å². The highest BCUT2D eigenvalue weighted by Crippen LogP contribution is 2.55. The van der Waals surface area contributed by atoms with E-state index in [0.717, 1.165) is 23.7 Å². The third kappa shape index (κ3) is 0.492. The molecular weight excluding hydrogens is 120 g/mol. The summed E-state index contributed by atoms with van der Waals surface area (Å²) in [4.78, 5) is 0. The van der Waals surface area contributed by atoms with Gasteiger partial charge in [-0.2, -0.15) is 0 Å². The Morgan fingerprint density at radius 2 is 1.50 bits per heavy atom. The van der Waals surface area contributed by atoms with Crippen molar-refractivity contribution in [1.82, 2.24) is 0 Å². The zero-order valence-electron chi connectivity index (χ0n) is 6.29. The molecule has 0 spiro atoms. The van der Waals surface area contributed by atoms with E-state index >= 15 is 0 Å². The van der Waals surface area contributed by atoms with Crippen LogP contribution in [0.3, 0.4) is 0 Å². The van der Waals surface area contributed by atoms with Crippen LogP contribution in [-0.2, 0) is 0 Å². The van der Waals surface area contributed by atoms with Crippen molar-refractivity contribution in [2.24, 2.45) is 23.7 Å². The van der Waals surface area contributed by atoms with Gasteiger partial charge in [0.2, 0.25) is 0 Å². The van der Waals surface area contributed by atoms with Crippen LogP contribution in [0.25, 0.3) is 0 Å². The van der Waals surface area contributed by atoms with Crippen LogP contribution in [0.15, 0.2) is 12.2 Å². The first-order chi connectivity index (χ1) is 4.95. The van der Waals surface area contributed by atoms with Crippen LogP contribution in [0, 0.1) is 23.7 Å². The highest BCUT2D eigenvalue weighted by atomic mass is 14.5. The molecule has 2 saturated carbocycles. The first-order valence-electron chi connectivity index (χ1n) is 4.63. The second kappa shape index (κ2) is 1.66. The Labute approximate surface area is 62.3 Å². The maximum atomic E-state index is 2.48. The van der Waals surface area contributed by atoms with Gasteiger partial charge in [-0.3, -0.25) is 0 Å². The van der Waals surface area contributed by atoms with Crippen LogP contribution in [0.2, 0.25) is 0 Å². The first-order valence-corrected chi connectivity index (χ1v) is 4.63. The smallest absolute Gasteiger partial charge is 0.0196 e. The molecule has 0 saturated heterocycles. The summed E-state index contributed by atoms with van der Waals surface area (Å²) in [5, 5.41) is 0. The minimum atomic E-state index is 1.01. The summed E-state index contributed by atoms with van der Waals surface area (Å²) in [7, 11) is 0. The summed E-state index contributed by atoms with van der Waals surface area (Å²) in [5.41, 5.74) is 0. The van der Waals surface area contributed by atoms with E-state index in [4.69, 9.17) is 0 Å². The minimum absolute atomic E-state index is 1.01. The third-order valence-electron chi connectivity index (χ3n) is 3.87. The van der Waals surface area contributed by atoms with Gasteiger partial charge < -0.3 is 0 Å². The van der Waals surface area contributed by atoms with E-state index in [0.29, 0.717) is 0 Å². The van der Waals surface area contributed by atoms with Crippen molar-refractivity contribution in [2.45, 2.75) is 25.7 Å². The Balaban J connectivity index is 1.99. The Morgan fingerprint density at radius 3 is 2.10 bits per heavy atom. The van der Waals surface area contributed by atoms with E-state index in [1.807, 2.05) is 0 Å². The molecule has 0 heterocycles. The van der Waals surface area contributed by atoms with Crippen molar-refractivity contribution in [2.75, 3.05) is 0 Å². The standard InChI is InChI=1S/C10H14/c1-2-9-7-4-5-8(6-7)10(9)3-1/h4-5,7-10H,1-3,6H2/t7-,8-,9-,10+/m0/s1. The quantitative estimate of drug-likeness (QED) is 0.447. The Kier molecular flexibility index (Phi) is 0.898. The number of hydrogen-bond donors (Lipinski definition) is 0. The molecule has 10 heavy (non-hydrogen) atoms. The van der Waals surface area contributed by atoms with Crippen LogP contribution < -0.4 is 0 Å². The Morgan fingerprint density at radius 1 is 0.900 bits per heavy atom. The van der Waals surface area contributed by atoms with E-state index in [-0.39, 0.29) is 0 Å². The lowest BCUT2D eigenvalue weighted by molar-refractivity contribution is 0.364. The van der Waals surface area contributed by atoms with Crippen molar-refractivity contribution in [1.29, 1.82) is 0 Å². The molecule has 0 aliphatic heterocycles. The predicted molar refractivity (Wildman–Crippen MR) is 41.6 cm³/mol. The molecule has 0 radical (unpaired) electrons. The van der Waals surface area contributed by atoms with Gasteiger partial charge in [0.1, 0.15) is 0 Å². The molecule has 0 amide bonds. The normalized spacial score (nSPS) is 56.0. The first kappa shape index (κ1) is 5.40. The summed E-state index contributed by atoms with van der Waals surface area (Å²) < 4.78 is 0. The van der Waals surface area contributed by atoms with Gasteiger partial charge >= 0.3 is 0 Å². The molecule has 3 aliphatic rings. The molecule has 4 atom stereocenters. The van der Waals surface area contributed by atoms with Gasteiger partial charge in [0.25, 0.3) is 0 Å². The number of rotatable bonds is 0. The van der Waals surface area contributed by atoms with Crippen LogP contribution >= 0.6 is 0 Å². The molecule has 0 aromatic carbocycles. The van der Waals surface area contributed by atoms with Crippen LogP contribution in [-0.4, -0.2) is 0 Å². The lowest BCUT2D eigenvalue weighted by atomic mass is 9.86. The fourth-order valence-electron chi connectivity index (χ4n) is 3.47. The number of hydrogen-bond acceptors (Lipinski definition) is 0. The summed E-state index contributed by atoms with van der Waals surface area (Å²) in [5.74, 6) is 4.26. The maximum absolute atomic E-state index is 2.48. The van der Waals surface area contributed by atoms with E-state index in [1.165, 1.54) is 25.7 Å². The average molecular weight is 134 g/mol. The maximum Gasteiger partial charge on any atom is -0.0196 e.